The summed E-state index contributed by atoms with van der Waals surface area (Å²) in [6.45, 7) is 7.33. The lowest BCUT2D eigenvalue weighted by Crippen LogP contribution is -2.19. The predicted octanol–water partition coefficient (Wildman–Crippen LogP) is 2.56. The molecule has 0 saturated heterocycles. The fourth-order valence-electron chi connectivity index (χ4n) is 1.57. The van der Waals surface area contributed by atoms with Crippen molar-refractivity contribution >= 4 is 17.8 Å². The Kier molecular flexibility index (Phi) is 5.42. The van der Waals surface area contributed by atoms with Gasteiger partial charge in [0.15, 0.2) is 5.78 Å². The summed E-state index contributed by atoms with van der Waals surface area (Å²) in [5.41, 5.74) is 1.68. The quantitative estimate of drug-likeness (QED) is 0.354. The third kappa shape index (κ3) is 4.32. The number of carbonyl (C=O) groups is 2. The minimum atomic E-state index is -0.573. The second-order valence-corrected chi connectivity index (χ2v) is 4.53. The van der Waals surface area contributed by atoms with Gasteiger partial charge in [-0.25, -0.2) is 4.79 Å². The highest BCUT2D eigenvalue weighted by atomic mass is 16.5. The molecule has 0 aromatic carbocycles. The van der Waals surface area contributed by atoms with Gasteiger partial charge in [-0.1, -0.05) is 13.8 Å². The molecule has 0 bridgehead atoms. The van der Waals surface area contributed by atoms with Crippen molar-refractivity contribution in [3.63, 3.8) is 0 Å². The zero-order chi connectivity index (χ0) is 14.4. The number of ketones is 1. The third-order valence-corrected chi connectivity index (χ3v) is 2.52. The summed E-state index contributed by atoms with van der Waals surface area (Å²) >= 11 is 0. The van der Waals surface area contributed by atoms with Crippen LogP contribution < -0.4 is 0 Å². The van der Waals surface area contributed by atoms with Gasteiger partial charge < -0.3 is 4.74 Å². The van der Waals surface area contributed by atoms with Crippen LogP contribution in [0.1, 0.15) is 32.0 Å². The molecule has 0 spiro atoms. The fourth-order valence-corrected chi connectivity index (χ4v) is 1.57. The zero-order valence-electron chi connectivity index (χ0n) is 11.8. The molecule has 0 aliphatic heterocycles. The van der Waals surface area contributed by atoms with Crippen molar-refractivity contribution in [1.29, 1.82) is 0 Å². The molecular weight excluding hydrogens is 242 g/mol. The highest BCUT2D eigenvalue weighted by molar-refractivity contribution is 6.21. The van der Waals surface area contributed by atoms with Crippen LogP contribution in [0.4, 0.5) is 0 Å². The first-order chi connectivity index (χ1) is 8.95. The molecule has 0 aliphatic rings. The fraction of sp³-hybridized carbons (Fsp3) is 0.400. The number of carbonyl (C=O) groups excluding carboxylic acids is 2. The second-order valence-electron chi connectivity index (χ2n) is 4.53. The number of aromatic nitrogens is 1. The molecule has 0 radical (unpaired) electrons. The summed E-state index contributed by atoms with van der Waals surface area (Å²) in [5, 5.41) is 0. The third-order valence-electron chi connectivity index (χ3n) is 2.52. The maximum Gasteiger partial charge on any atom is 0.341 e. The van der Waals surface area contributed by atoms with Gasteiger partial charge in [0.25, 0.3) is 0 Å². The van der Waals surface area contributed by atoms with Crippen LogP contribution in [-0.2, 0) is 14.3 Å². The highest BCUT2D eigenvalue weighted by Crippen LogP contribution is 2.14. The number of aryl methyl sites for hydroxylation is 1. The van der Waals surface area contributed by atoms with Gasteiger partial charge >= 0.3 is 5.97 Å². The van der Waals surface area contributed by atoms with E-state index in [4.69, 9.17) is 4.74 Å². The van der Waals surface area contributed by atoms with Gasteiger partial charge in [-0.2, -0.15) is 0 Å². The Morgan fingerprint density at radius 1 is 1.42 bits per heavy atom. The molecule has 0 atom stereocenters. The first-order valence-electron chi connectivity index (χ1n) is 6.31. The van der Waals surface area contributed by atoms with Crippen molar-refractivity contribution in [2.24, 2.45) is 5.92 Å². The molecule has 4 heteroatoms. The maximum absolute atomic E-state index is 12.1. The number of hydrogen-bond donors (Lipinski definition) is 0. The lowest BCUT2D eigenvalue weighted by Gasteiger charge is -2.08. The van der Waals surface area contributed by atoms with Gasteiger partial charge in [-0.15, -0.1) is 0 Å². The number of Topliss-reactive ketones (excluding diaryl/α,β-unsaturated/α-hetero) is 1. The van der Waals surface area contributed by atoms with Crippen LogP contribution in [-0.4, -0.2) is 23.3 Å². The number of hydrogen-bond acceptors (Lipinski definition) is 4. The Hall–Kier alpha value is -1.97. The molecule has 102 valence electrons. The van der Waals surface area contributed by atoms with Gasteiger partial charge in [0.05, 0.1) is 6.61 Å². The van der Waals surface area contributed by atoms with Crippen molar-refractivity contribution in [2.75, 3.05) is 6.61 Å². The number of esters is 1. The normalized spacial score (nSPS) is 11.5. The van der Waals surface area contributed by atoms with E-state index >= 15 is 0 Å². The Morgan fingerprint density at radius 2 is 2.11 bits per heavy atom. The molecule has 1 aromatic heterocycles. The van der Waals surface area contributed by atoms with Crippen molar-refractivity contribution in [2.45, 2.75) is 27.7 Å². The van der Waals surface area contributed by atoms with Crippen molar-refractivity contribution in [3.05, 3.63) is 35.2 Å². The molecule has 1 rings (SSSR count). The molecule has 0 unspecified atom stereocenters. The van der Waals surface area contributed by atoms with Crippen molar-refractivity contribution in [1.82, 2.24) is 4.98 Å². The number of rotatable bonds is 5. The minimum absolute atomic E-state index is 0.0856. The molecule has 0 fully saturated rings. The molecule has 1 heterocycles. The first-order valence-corrected chi connectivity index (χ1v) is 6.31. The van der Waals surface area contributed by atoms with Crippen LogP contribution in [0.2, 0.25) is 0 Å². The van der Waals surface area contributed by atoms with Crippen LogP contribution >= 0.6 is 0 Å². The first kappa shape index (κ1) is 15.1. The SMILES string of the molecule is CCOC(=O)/C(=C\c1ccnc(C)c1)C(=O)C(C)C. The van der Waals surface area contributed by atoms with E-state index in [2.05, 4.69) is 4.98 Å². The second kappa shape index (κ2) is 6.83. The molecule has 0 aliphatic carbocycles. The Labute approximate surface area is 113 Å². The molecule has 0 N–H and O–H groups in total. The standard InChI is InChI=1S/C15H19NO3/c1-5-19-15(18)13(14(17)10(2)3)9-12-6-7-16-11(4)8-12/h6-10H,5H2,1-4H3/b13-9-. The zero-order valence-corrected chi connectivity index (χ0v) is 11.8. The summed E-state index contributed by atoms with van der Waals surface area (Å²) in [5.74, 6) is -1.04. The number of ether oxygens (including phenoxy) is 1. The summed E-state index contributed by atoms with van der Waals surface area (Å²) in [6, 6.07) is 3.56. The average molecular weight is 261 g/mol. The van der Waals surface area contributed by atoms with Crippen LogP contribution in [0.3, 0.4) is 0 Å². The number of nitrogens with zero attached hydrogens (tertiary/aromatic N) is 1. The van der Waals surface area contributed by atoms with Crippen molar-refractivity contribution < 1.29 is 14.3 Å². The van der Waals surface area contributed by atoms with Crippen LogP contribution in [0.15, 0.2) is 23.9 Å². The molecule has 19 heavy (non-hydrogen) atoms. The van der Waals surface area contributed by atoms with Gasteiger partial charge in [0.1, 0.15) is 5.57 Å². The molecule has 1 aromatic rings. The Morgan fingerprint density at radius 3 is 2.63 bits per heavy atom. The molecule has 0 saturated carbocycles. The summed E-state index contributed by atoms with van der Waals surface area (Å²) < 4.78 is 4.93. The van der Waals surface area contributed by atoms with E-state index in [9.17, 15) is 9.59 Å². The number of pyridine rings is 1. The molecular formula is C15H19NO3. The van der Waals surface area contributed by atoms with Crippen LogP contribution in [0.25, 0.3) is 6.08 Å². The van der Waals surface area contributed by atoms with Gasteiger partial charge in [0.2, 0.25) is 0 Å². The van der Waals surface area contributed by atoms with Crippen LogP contribution in [0, 0.1) is 12.8 Å². The van der Waals surface area contributed by atoms with E-state index in [1.54, 1.807) is 39.1 Å². The summed E-state index contributed by atoms with van der Waals surface area (Å²) in [7, 11) is 0. The Balaban J connectivity index is 3.15. The van der Waals surface area contributed by atoms with E-state index in [0.717, 1.165) is 11.3 Å². The highest BCUT2D eigenvalue weighted by Gasteiger charge is 2.22. The molecule has 0 amide bonds. The van der Waals surface area contributed by atoms with E-state index in [0.29, 0.717) is 0 Å². The summed E-state index contributed by atoms with van der Waals surface area (Å²) in [4.78, 5) is 28.0. The maximum atomic E-state index is 12.1. The largest absolute Gasteiger partial charge is 0.462 e. The average Bonchev–Trinajstić information content (AvgIpc) is 2.35. The van der Waals surface area contributed by atoms with E-state index < -0.39 is 5.97 Å². The summed E-state index contributed by atoms with van der Waals surface area (Å²) in [6.07, 6.45) is 3.21. The van der Waals surface area contributed by atoms with E-state index in [1.807, 2.05) is 13.0 Å². The smallest absolute Gasteiger partial charge is 0.341 e. The van der Waals surface area contributed by atoms with Gasteiger partial charge in [-0.3, -0.25) is 9.78 Å². The van der Waals surface area contributed by atoms with E-state index in [1.165, 1.54) is 0 Å². The minimum Gasteiger partial charge on any atom is -0.462 e. The molecule has 4 nitrogen and oxygen atoms in total. The van der Waals surface area contributed by atoms with Gasteiger partial charge in [0, 0.05) is 17.8 Å². The van der Waals surface area contributed by atoms with Crippen molar-refractivity contribution in [3.8, 4) is 0 Å². The Bertz CT molecular complexity index is 504. The lowest BCUT2D eigenvalue weighted by atomic mass is 9.99. The predicted molar refractivity (Wildman–Crippen MR) is 73.4 cm³/mol. The monoisotopic (exact) mass is 261 g/mol. The van der Waals surface area contributed by atoms with Crippen LogP contribution in [0.5, 0.6) is 0 Å². The topological polar surface area (TPSA) is 56.3 Å². The van der Waals surface area contributed by atoms with E-state index in [-0.39, 0.29) is 23.9 Å². The van der Waals surface area contributed by atoms with Gasteiger partial charge in [-0.05, 0) is 37.6 Å². The lowest BCUT2D eigenvalue weighted by molar-refractivity contribution is -0.140.